The lowest BCUT2D eigenvalue weighted by Gasteiger charge is -2.38. The van der Waals surface area contributed by atoms with Crippen LogP contribution in [-0.2, 0) is 9.59 Å². The van der Waals surface area contributed by atoms with Crippen molar-refractivity contribution in [3.63, 3.8) is 0 Å². The molecule has 2 aliphatic rings. The van der Waals surface area contributed by atoms with Gasteiger partial charge in [-0.2, -0.15) is 5.10 Å². The van der Waals surface area contributed by atoms with Crippen molar-refractivity contribution < 1.29 is 9.59 Å². The van der Waals surface area contributed by atoms with E-state index >= 15 is 0 Å². The fourth-order valence-corrected chi connectivity index (χ4v) is 7.26. The van der Waals surface area contributed by atoms with Gasteiger partial charge in [-0.1, -0.05) is 19.9 Å². The maximum absolute atomic E-state index is 13.5. The van der Waals surface area contributed by atoms with Gasteiger partial charge in [-0.05, 0) is 62.4 Å². The Labute approximate surface area is 225 Å². The number of hydrogen-bond donors (Lipinski definition) is 2. The second kappa shape index (κ2) is 10.1. The number of rotatable bonds is 3. The molecule has 2 N–H and O–H groups in total. The number of carbonyl (C=O) groups excluding carboxylic acids is 2. The number of benzene rings is 1. The molecule has 6 rings (SSSR count). The van der Waals surface area contributed by atoms with Crippen molar-refractivity contribution in [3.8, 4) is 0 Å². The van der Waals surface area contributed by atoms with Crippen LogP contribution in [0.3, 0.4) is 0 Å². The molecule has 198 valence electrons. The minimum Gasteiger partial charge on any atom is -0.327 e. The summed E-state index contributed by atoms with van der Waals surface area (Å²) in [6.45, 7) is 7.17. The van der Waals surface area contributed by atoms with Crippen LogP contribution in [0.25, 0.3) is 21.1 Å². The first-order valence-corrected chi connectivity index (χ1v) is 14.2. The summed E-state index contributed by atoms with van der Waals surface area (Å²) in [5.41, 5.74) is 3.12. The SMILES string of the molecule is C[C@H]1CC[C@H](c2ccc3sc(C4CCN(C)C[C@@H]4C)nc3c2)N(C(=O)C(=O)Nc2cncc3cn[nH]c23)C1. The van der Waals surface area contributed by atoms with E-state index in [2.05, 4.69) is 64.5 Å². The number of carbonyl (C=O) groups is 2. The van der Waals surface area contributed by atoms with Crippen LogP contribution >= 0.6 is 11.3 Å². The van der Waals surface area contributed by atoms with Crippen molar-refractivity contribution in [3.05, 3.63) is 47.4 Å². The highest BCUT2D eigenvalue weighted by molar-refractivity contribution is 7.18. The summed E-state index contributed by atoms with van der Waals surface area (Å²) in [7, 11) is 2.18. The first-order valence-electron chi connectivity index (χ1n) is 13.4. The summed E-state index contributed by atoms with van der Waals surface area (Å²) in [6, 6.07) is 6.21. The summed E-state index contributed by atoms with van der Waals surface area (Å²) in [5, 5.41) is 11.6. The largest absolute Gasteiger partial charge is 0.327 e. The normalized spacial score (nSPS) is 24.7. The number of piperidine rings is 2. The molecule has 4 atom stereocenters. The number of aromatic nitrogens is 4. The zero-order valence-corrected chi connectivity index (χ0v) is 22.8. The average Bonchev–Trinajstić information content (AvgIpc) is 3.55. The number of fused-ring (bicyclic) bond motifs is 2. The van der Waals surface area contributed by atoms with Crippen LogP contribution in [0.1, 0.15) is 55.6 Å². The molecular weight excluding hydrogens is 498 g/mol. The number of nitrogens with zero attached hydrogens (tertiary/aromatic N) is 5. The molecule has 10 heteroatoms. The third-order valence-corrected chi connectivity index (χ3v) is 9.28. The zero-order chi connectivity index (χ0) is 26.4. The molecule has 38 heavy (non-hydrogen) atoms. The fourth-order valence-electron chi connectivity index (χ4n) is 6.04. The maximum atomic E-state index is 13.5. The first-order chi connectivity index (χ1) is 18.4. The lowest BCUT2D eigenvalue weighted by atomic mass is 9.87. The highest BCUT2D eigenvalue weighted by Crippen LogP contribution is 2.39. The summed E-state index contributed by atoms with van der Waals surface area (Å²) in [6.07, 6.45) is 7.76. The van der Waals surface area contributed by atoms with Crippen molar-refractivity contribution >= 4 is 50.0 Å². The highest BCUT2D eigenvalue weighted by Gasteiger charge is 2.35. The molecule has 2 saturated heterocycles. The monoisotopic (exact) mass is 531 g/mol. The van der Waals surface area contributed by atoms with E-state index in [1.165, 1.54) is 15.9 Å². The van der Waals surface area contributed by atoms with Gasteiger partial charge in [-0.15, -0.1) is 11.3 Å². The highest BCUT2D eigenvalue weighted by atomic mass is 32.1. The van der Waals surface area contributed by atoms with Crippen LogP contribution in [0.15, 0.2) is 36.8 Å². The van der Waals surface area contributed by atoms with Crippen LogP contribution in [-0.4, -0.2) is 68.5 Å². The second-order valence-corrected chi connectivity index (χ2v) is 12.1. The molecule has 2 aliphatic heterocycles. The number of H-pyrrole nitrogens is 1. The number of amides is 2. The molecule has 0 bridgehead atoms. The molecular formula is C28H33N7O2S. The molecule has 0 spiro atoms. The molecule has 5 heterocycles. The van der Waals surface area contributed by atoms with E-state index in [1.807, 2.05) is 0 Å². The predicted molar refractivity (Wildman–Crippen MR) is 149 cm³/mol. The van der Waals surface area contributed by atoms with Crippen molar-refractivity contribution in [1.82, 2.24) is 30.0 Å². The predicted octanol–water partition coefficient (Wildman–Crippen LogP) is 4.56. The Morgan fingerprint density at radius 3 is 2.82 bits per heavy atom. The van der Waals surface area contributed by atoms with Crippen molar-refractivity contribution in [1.29, 1.82) is 0 Å². The van der Waals surface area contributed by atoms with E-state index in [4.69, 9.17) is 4.98 Å². The Balaban J connectivity index is 1.25. The summed E-state index contributed by atoms with van der Waals surface area (Å²) in [5.74, 6) is 0.181. The molecule has 9 nitrogen and oxygen atoms in total. The number of likely N-dealkylation sites (tertiary alicyclic amines) is 2. The summed E-state index contributed by atoms with van der Waals surface area (Å²) >= 11 is 1.79. The quantitative estimate of drug-likeness (QED) is 0.375. The summed E-state index contributed by atoms with van der Waals surface area (Å²) in [4.78, 5) is 40.0. The Morgan fingerprint density at radius 2 is 1.97 bits per heavy atom. The van der Waals surface area contributed by atoms with Crippen LogP contribution in [0.4, 0.5) is 5.69 Å². The standard InChI is InChI=1S/C28H33N7O2S/c1-16-4-6-23(35(14-16)28(37)26(36)31-22-13-29-11-19-12-30-33-25(19)22)18-5-7-24-21(10-18)32-27(38-24)20-8-9-34(3)15-17(20)2/h5,7,10-13,16-17,20,23H,4,6,8-9,14-15H2,1-3H3,(H,30,33)(H,31,36)/t16-,17-,20?,23+/m0/s1. The number of nitrogens with one attached hydrogen (secondary N) is 2. The Hall–Kier alpha value is -3.37. The van der Waals surface area contributed by atoms with Gasteiger partial charge in [0.25, 0.3) is 0 Å². The van der Waals surface area contributed by atoms with E-state index in [9.17, 15) is 9.59 Å². The molecule has 0 aliphatic carbocycles. The van der Waals surface area contributed by atoms with E-state index in [0.29, 0.717) is 35.5 Å². The Morgan fingerprint density at radius 1 is 1.11 bits per heavy atom. The summed E-state index contributed by atoms with van der Waals surface area (Å²) < 4.78 is 1.18. The van der Waals surface area contributed by atoms with Gasteiger partial charge in [-0.3, -0.25) is 19.7 Å². The lowest BCUT2D eigenvalue weighted by Crippen LogP contribution is -2.46. The third-order valence-electron chi connectivity index (χ3n) is 8.11. The van der Waals surface area contributed by atoms with Crippen LogP contribution in [0, 0.1) is 11.8 Å². The van der Waals surface area contributed by atoms with Gasteiger partial charge >= 0.3 is 11.8 Å². The topological polar surface area (TPSA) is 107 Å². The number of hydrogen-bond acceptors (Lipinski definition) is 7. The average molecular weight is 532 g/mol. The van der Waals surface area contributed by atoms with Gasteiger partial charge in [0.15, 0.2) is 0 Å². The molecule has 0 radical (unpaired) electrons. The van der Waals surface area contributed by atoms with Crippen LogP contribution < -0.4 is 5.32 Å². The second-order valence-electron chi connectivity index (χ2n) is 11.0. The lowest BCUT2D eigenvalue weighted by molar-refractivity contribution is -0.146. The number of pyridine rings is 1. The Kier molecular flexibility index (Phi) is 6.61. The van der Waals surface area contributed by atoms with Crippen molar-refractivity contribution in [2.24, 2.45) is 11.8 Å². The minimum absolute atomic E-state index is 0.165. The van der Waals surface area contributed by atoms with Crippen LogP contribution in [0.2, 0.25) is 0 Å². The van der Waals surface area contributed by atoms with E-state index in [0.717, 1.165) is 48.8 Å². The molecule has 1 unspecified atom stereocenters. The van der Waals surface area contributed by atoms with Gasteiger partial charge in [0.2, 0.25) is 0 Å². The third kappa shape index (κ3) is 4.67. The molecule has 2 fully saturated rings. The molecule has 0 saturated carbocycles. The number of aromatic amines is 1. The molecule has 1 aromatic carbocycles. The zero-order valence-electron chi connectivity index (χ0n) is 22.0. The van der Waals surface area contributed by atoms with Gasteiger partial charge < -0.3 is 15.1 Å². The number of anilines is 1. The molecule has 2 amide bonds. The van der Waals surface area contributed by atoms with Crippen molar-refractivity contribution in [2.45, 2.75) is 45.1 Å². The van der Waals surface area contributed by atoms with E-state index in [-0.39, 0.29) is 6.04 Å². The van der Waals surface area contributed by atoms with E-state index < -0.39 is 11.8 Å². The van der Waals surface area contributed by atoms with Crippen molar-refractivity contribution in [2.75, 3.05) is 32.0 Å². The first kappa shape index (κ1) is 24.9. The van der Waals surface area contributed by atoms with Gasteiger partial charge in [0.1, 0.15) is 0 Å². The molecule has 3 aromatic heterocycles. The fraction of sp³-hybridized carbons (Fsp3) is 0.464. The maximum Gasteiger partial charge on any atom is 0.314 e. The number of thiazole rings is 1. The molecule has 4 aromatic rings. The smallest absolute Gasteiger partial charge is 0.314 e. The Bertz CT molecular complexity index is 1500. The van der Waals surface area contributed by atoms with Gasteiger partial charge in [0.05, 0.1) is 44.9 Å². The van der Waals surface area contributed by atoms with Gasteiger partial charge in [-0.25, -0.2) is 4.98 Å². The van der Waals surface area contributed by atoms with Gasteiger partial charge in [0, 0.05) is 30.6 Å². The minimum atomic E-state index is -0.665. The van der Waals surface area contributed by atoms with E-state index in [1.54, 1.807) is 28.6 Å². The van der Waals surface area contributed by atoms with Crippen LogP contribution in [0.5, 0.6) is 0 Å².